The van der Waals surface area contributed by atoms with Gasteiger partial charge in [-0.2, -0.15) is 0 Å². The number of anilines is 1. The van der Waals surface area contributed by atoms with Gasteiger partial charge >= 0.3 is 5.97 Å². The summed E-state index contributed by atoms with van der Waals surface area (Å²) in [5, 5.41) is 2.80. The van der Waals surface area contributed by atoms with Gasteiger partial charge in [0.05, 0.1) is 17.1 Å². The molecule has 1 N–H and O–H groups in total. The highest BCUT2D eigenvalue weighted by molar-refractivity contribution is 9.10. The summed E-state index contributed by atoms with van der Waals surface area (Å²) >= 11 is 3.31. The molecule has 1 amide bonds. The quantitative estimate of drug-likeness (QED) is 0.757. The summed E-state index contributed by atoms with van der Waals surface area (Å²) in [6.45, 7) is 5.50. The average Bonchev–Trinajstić information content (AvgIpc) is 2.55. The van der Waals surface area contributed by atoms with Crippen molar-refractivity contribution < 1.29 is 19.1 Å². The van der Waals surface area contributed by atoms with Crippen molar-refractivity contribution in [3.05, 3.63) is 57.1 Å². The highest BCUT2D eigenvalue weighted by Crippen LogP contribution is 2.26. The predicted octanol–water partition coefficient (Wildman–Crippen LogP) is 4.18. The maximum Gasteiger partial charge on any atom is 0.338 e. The second-order valence-corrected chi connectivity index (χ2v) is 6.60. The molecule has 2 rings (SSSR count). The molecule has 0 heterocycles. The van der Waals surface area contributed by atoms with Gasteiger partial charge in [-0.3, -0.25) is 4.79 Å². The first kappa shape index (κ1) is 19.0. The Morgan fingerprint density at radius 1 is 1.08 bits per heavy atom. The lowest BCUT2D eigenvalue weighted by Gasteiger charge is -2.13. The van der Waals surface area contributed by atoms with Gasteiger partial charge in [0.25, 0.3) is 5.91 Å². The molecule has 132 valence electrons. The van der Waals surface area contributed by atoms with E-state index in [0.29, 0.717) is 15.8 Å². The minimum absolute atomic E-state index is 0.336. The van der Waals surface area contributed by atoms with Crippen LogP contribution in [0.5, 0.6) is 5.75 Å². The summed E-state index contributed by atoms with van der Waals surface area (Å²) in [6, 6.07) is 8.80. The number of esters is 1. The molecule has 0 fully saturated rings. The third kappa shape index (κ3) is 4.82. The lowest BCUT2D eigenvalue weighted by molar-refractivity contribution is -0.119. The van der Waals surface area contributed by atoms with Gasteiger partial charge in [-0.1, -0.05) is 17.7 Å². The fourth-order valence-electron chi connectivity index (χ4n) is 2.56. The molecule has 0 radical (unpaired) electrons. The number of benzene rings is 2. The molecule has 0 aliphatic heterocycles. The van der Waals surface area contributed by atoms with E-state index >= 15 is 0 Å². The van der Waals surface area contributed by atoms with E-state index in [-0.39, 0.29) is 12.5 Å². The monoisotopic (exact) mass is 405 g/mol. The first-order valence-electron chi connectivity index (χ1n) is 7.70. The molecule has 0 unspecified atom stereocenters. The highest BCUT2D eigenvalue weighted by Gasteiger charge is 2.14. The van der Waals surface area contributed by atoms with Gasteiger partial charge in [-0.15, -0.1) is 0 Å². The zero-order valence-corrected chi connectivity index (χ0v) is 16.2. The van der Waals surface area contributed by atoms with E-state index in [4.69, 9.17) is 9.47 Å². The van der Waals surface area contributed by atoms with Gasteiger partial charge in [-0.25, -0.2) is 4.79 Å². The van der Waals surface area contributed by atoms with Crippen LogP contribution in [0.4, 0.5) is 5.69 Å². The van der Waals surface area contributed by atoms with E-state index in [1.54, 1.807) is 18.2 Å². The van der Waals surface area contributed by atoms with Crippen LogP contribution in [-0.2, 0) is 9.53 Å². The Labute approximate surface area is 155 Å². The minimum atomic E-state index is -0.573. The van der Waals surface area contributed by atoms with Crippen molar-refractivity contribution in [2.24, 2.45) is 0 Å². The summed E-state index contributed by atoms with van der Waals surface area (Å²) in [5.74, 6) is -0.341. The van der Waals surface area contributed by atoms with Gasteiger partial charge < -0.3 is 14.8 Å². The molecule has 2 aromatic carbocycles. The maximum absolute atomic E-state index is 12.1. The Morgan fingerprint density at radius 2 is 1.72 bits per heavy atom. The lowest BCUT2D eigenvalue weighted by Crippen LogP contribution is -2.22. The summed E-state index contributed by atoms with van der Waals surface area (Å²) in [4.78, 5) is 24.2. The van der Waals surface area contributed by atoms with Crippen molar-refractivity contribution in [3.63, 3.8) is 0 Å². The number of aryl methyl sites for hydroxylation is 3. The number of hydrogen-bond donors (Lipinski definition) is 1. The van der Waals surface area contributed by atoms with Crippen molar-refractivity contribution in [3.8, 4) is 5.75 Å². The molecule has 0 saturated heterocycles. The van der Waals surface area contributed by atoms with Crippen LogP contribution in [0.2, 0.25) is 0 Å². The van der Waals surface area contributed by atoms with Crippen LogP contribution < -0.4 is 10.1 Å². The minimum Gasteiger partial charge on any atom is -0.496 e. The zero-order valence-electron chi connectivity index (χ0n) is 14.6. The Morgan fingerprint density at radius 3 is 2.28 bits per heavy atom. The Kier molecular flexibility index (Phi) is 6.20. The molecule has 0 aliphatic carbocycles. The van der Waals surface area contributed by atoms with Crippen LogP contribution in [0.1, 0.15) is 27.0 Å². The number of nitrogens with one attached hydrogen (secondary N) is 1. The standard InChI is InChI=1S/C19H20BrNO4/c1-11-7-12(2)18(13(3)8-11)21-17(22)10-25-19(23)14-5-6-16(24-4)15(20)9-14/h5-9H,10H2,1-4H3,(H,21,22). The van der Waals surface area contributed by atoms with Gasteiger partial charge in [-0.05, 0) is 66.0 Å². The smallest absolute Gasteiger partial charge is 0.338 e. The number of carbonyl (C=O) groups excluding carboxylic acids is 2. The van der Waals surface area contributed by atoms with E-state index in [0.717, 1.165) is 22.4 Å². The van der Waals surface area contributed by atoms with Crippen molar-refractivity contribution in [1.82, 2.24) is 0 Å². The van der Waals surface area contributed by atoms with Crippen molar-refractivity contribution in [2.75, 3.05) is 19.0 Å². The Balaban J connectivity index is 1.98. The van der Waals surface area contributed by atoms with Gasteiger partial charge in [0.2, 0.25) is 0 Å². The number of methoxy groups -OCH3 is 1. The van der Waals surface area contributed by atoms with E-state index in [2.05, 4.69) is 21.2 Å². The molecule has 2 aromatic rings. The molecular weight excluding hydrogens is 386 g/mol. The Hall–Kier alpha value is -2.34. The molecule has 0 saturated carbocycles. The van der Waals surface area contributed by atoms with E-state index in [9.17, 15) is 9.59 Å². The summed E-state index contributed by atoms with van der Waals surface area (Å²) in [6.07, 6.45) is 0. The summed E-state index contributed by atoms with van der Waals surface area (Å²) in [7, 11) is 1.54. The second kappa shape index (κ2) is 8.16. The summed E-state index contributed by atoms with van der Waals surface area (Å²) in [5.41, 5.74) is 4.15. The molecular formula is C19H20BrNO4. The maximum atomic E-state index is 12.1. The molecule has 0 aromatic heterocycles. The fraction of sp³-hybridized carbons (Fsp3) is 0.263. The number of ether oxygens (including phenoxy) is 2. The van der Waals surface area contributed by atoms with Gasteiger partial charge in [0.15, 0.2) is 6.61 Å². The molecule has 0 atom stereocenters. The molecule has 25 heavy (non-hydrogen) atoms. The van der Waals surface area contributed by atoms with Crippen LogP contribution >= 0.6 is 15.9 Å². The molecule has 5 nitrogen and oxygen atoms in total. The van der Waals surface area contributed by atoms with Crippen LogP contribution in [0.3, 0.4) is 0 Å². The zero-order chi connectivity index (χ0) is 18.6. The normalized spacial score (nSPS) is 10.3. The second-order valence-electron chi connectivity index (χ2n) is 5.75. The van der Waals surface area contributed by atoms with Crippen molar-refractivity contribution in [2.45, 2.75) is 20.8 Å². The van der Waals surface area contributed by atoms with Gasteiger partial charge in [0.1, 0.15) is 5.75 Å². The van der Waals surface area contributed by atoms with Crippen LogP contribution in [0.15, 0.2) is 34.8 Å². The Bertz CT molecular complexity index is 794. The largest absolute Gasteiger partial charge is 0.496 e. The highest BCUT2D eigenvalue weighted by atomic mass is 79.9. The number of amides is 1. The number of hydrogen-bond acceptors (Lipinski definition) is 4. The fourth-order valence-corrected chi connectivity index (χ4v) is 3.10. The van der Waals surface area contributed by atoms with E-state index < -0.39 is 5.97 Å². The van der Waals surface area contributed by atoms with Crippen molar-refractivity contribution in [1.29, 1.82) is 0 Å². The topological polar surface area (TPSA) is 64.6 Å². The molecule has 0 spiro atoms. The van der Waals surface area contributed by atoms with Crippen LogP contribution in [0.25, 0.3) is 0 Å². The summed E-state index contributed by atoms with van der Waals surface area (Å²) < 4.78 is 10.8. The van der Waals surface area contributed by atoms with Crippen LogP contribution in [0, 0.1) is 20.8 Å². The number of rotatable bonds is 5. The van der Waals surface area contributed by atoms with Crippen LogP contribution in [-0.4, -0.2) is 25.6 Å². The third-order valence-electron chi connectivity index (χ3n) is 3.66. The first-order valence-corrected chi connectivity index (χ1v) is 8.49. The van der Waals surface area contributed by atoms with E-state index in [1.807, 2.05) is 32.9 Å². The van der Waals surface area contributed by atoms with E-state index in [1.165, 1.54) is 7.11 Å². The average molecular weight is 406 g/mol. The predicted molar refractivity (Wildman–Crippen MR) is 100 cm³/mol. The van der Waals surface area contributed by atoms with Crippen molar-refractivity contribution >= 4 is 33.5 Å². The molecule has 6 heteroatoms. The number of carbonyl (C=O) groups is 2. The first-order chi connectivity index (χ1) is 11.8. The SMILES string of the molecule is COc1ccc(C(=O)OCC(=O)Nc2c(C)cc(C)cc2C)cc1Br. The molecule has 0 bridgehead atoms. The molecule has 0 aliphatic rings. The third-order valence-corrected chi connectivity index (χ3v) is 4.28. The lowest BCUT2D eigenvalue weighted by atomic mass is 10.1. The van der Waals surface area contributed by atoms with Gasteiger partial charge in [0, 0.05) is 5.69 Å². The number of halogens is 1.